The molecule has 0 fully saturated rings. The van der Waals surface area contributed by atoms with Crippen molar-refractivity contribution in [2.24, 2.45) is 5.92 Å². The van der Waals surface area contributed by atoms with Crippen LogP contribution in [0.1, 0.15) is 52.1 Å². The van der Waals surface area contributed by atoms with Gasteiger partial charge in [-0.25, -0.2) is 9.97 Å². The molecular formula is C15H25N5. The third kappa shape index (κ3) is 2.76. The molecule has 0 aliphatic carbocycles. The molecule has 2 rings (SSSR count). The van der Waals surface area contributed by atoms with Gasteiger partial charge < -0.3 is 5.32 Å². The van der Waals surface area contributed by atoms with E-state index in [9.17, 15) is 0 Å². The Balaban J connectivity index is 2.60. The molecule has 0 saturated carbocycles. The molecule has 0 bridgehead atoms. The van der Waals surface area contributed by atoms with Gasteiger partial charge in [-0.3, -0.25) is 4.68 Å². The fourth-order valence-corrected chi connectivity index (χ4v) is 2.16. The van der Waals surface area contributed by atoms with Crippen molar-refractivity contribution in [1.29, 1.82) is 0 Å². The van der Waals surface area contributed by atoms with Gasteiger partial charge in [0.2, 0.25) is 0 Å². The first-order valence-electron chi connectivity index (χ1n) is 7.42. The molecule has 5 heteroatoms. The van der Waals surface area contributed by atoms with E-state index in [2.05, 4.69) is 45.0 Å². The number of aromatic nitrogens is 4. The summed E-state index contributed by atoms with van der Waals surface area (Å²) < 4.78 is 1.98. The standard InChI is InChI=1S/C15H25N5/c1-7-20-13-12(11(6)19-20)17-14(10(4)5)18-15(13)16-8-9(2)3/h9-10H,7-8H2,1-6H3,(H,16,17,18). The third-order valence-electron chi connectivity index (χ3n) is 3.27. The van der Waals surface area contributed by atoms with Gasteiger partial charge in [-0.2, -0.15) is 5.10 Å². The lowest BCUT2D eigenvalue weighted by molar-refractivity contribution is 0.669. The van der Waals surface area contributed by atoms with E-state index in [1.165, 1.54) is 0 Å². The molecule has 0 amide bonds. The van der Waals surface area contributed by atoms with E-state index in [1.807, 2.05) is 11.6 Å². The Bertz CT molecular complexity index is 598. The molecule has 2 heterocycles. The van der Waals surface area contributed by atoms with Crippen molar-refractivity contribution in [2.75, 3.05) is 11.9 Å². The van der Waals surface area contributed by atoms with Crippen LogP contribution in [0.2, 0.25) is 0 Å². The van der Waals surface area contributed by atoms with E-state index in [0.29, 0.717) is 11.8 Å². The summed E-state index contributed by atoms with van der Waals surface area (Å²) in [6.45, 7) is 14.4. The zero-order valence-corrected chi connectivity index (χ0v) is 13.4. The smallest absolute Gasteiger partial charge is 0.156 e. The maximum Gasteiger partial charge on any atom is 0.156 e. The fourth-order valence-electron chi connectivity index (χ4n) is 2.16. The van der Waals surface area contributed by atoms with Crippen molar-refractivity contribution in [2.45, 2.75) is 54.0 Å². The average molecular weight is 275 g/mol. The minimum absolute atomic E-state index is 0.309. The number of aryl methyl sites for hydroxylation is 2. The van der Waals surface area contributed by atoms with E-state index < -0.39 is 0 Å². The predicted octanol–water partition coefficient (Wildman–Crippen LogP) is 3.35. The van der Waals surface area contributed by atoms with Crippen molar-refractivity contribution in [3.8, 4) is 0 Å². The lowest BCUT2D eigenvalue weighted by atomic mass is 10.2. The van der Waals surface area contributed by atoms with Gasteiger partial charge in [0.1, 0.15) is 16.9 Å². The van der Waals surface area contributed by atoms with Crippen molar-refractivity contribution in [1.82, 2.24) is 19.7 Å². The number of fused-ring (bicyclic) bond motifs is 1. The highest BCUT2D eigenvalue weighted by Crippen LogP contribution is 2.25. The molecule has 5 nitrogen and oxygen atoms in total. The highest BCUT2D eigenvalue weighted by atomic mass is 15.3. The largest absolute Gasteiger partial charge is 0.368 e. The van der Waals surface area contributed by atoms with Crippen molar-refractivity contribution < 1.29 is 0 Å². The maximum absolute atomic E-state index is 4.71. The average Bonchev–Trinajstić information content (AvgIpc) is 2.72. The van der Waals surface area contributed by atoms with Crippen LogP contribution in [0, 0.1) is 12.8 Å². The van der Waals surface area contributed by atoms with Crippen molar-refractivity contribution >= 4 is 16.9 Å². The first-order valence-corrected chi connectivity index (χ1v) is 7.42. The first kappa shape index (κ1) is 14.8. The van der Waals surface area contributed by atoms with Gasteiger partial charge >= 0.3 is 0 Å². The molecule has 20 heavy (non-hydrogen) atoms. The predicted molar refractivity (Wildman–Crippen MR) is 83.2 cm³/mol. The van der Waals surface area contributed by atoms with Crippen LogP contribution in [0.15, 0.2) is 0 Å². The van der Waals surface area contributed by atoms with Crippen LogP contribution in [-0.2, 0) is 6.54 Å². The topological polar surface area (TPSA) is 55.6 Å². The zero-order valence-electron chi connectivity index (χ0n) is 13.4. The molecule has 0 unspecified atom stereocenters. The highest BCUT2D eigenvalue weighted by molar-refractivity contribution is 5.87. The van der Waals surface area contributed by atoms with E-state index in [4.69, 9.17) is 9.97 Å². The monoisotopic (exact) mass is 275 g/mol. The van der Waals surface area contributed by atoms with E-state index in [-0.39, 0.29) is 0 Å². The third-order valence-corrected chi connectivity index (χ3v) is 3.27. The minimum Gasteiger partial charge on any atom is -0.368 e. The van der Waals surface area contributed by atoms with Crippen LogP contribution in [0.5, 0.6) is 0 Å². The number of nitrogens with one attached hydrogen (secondary N) is 1. The minimum atomic E-state index is 0.309. The molecule has 0 radical (unpaired) electrons. The summed E-state index contributed by atoms with van der Waals surface area (Å²) in [6.07, 6.45) is 0. The number of anilines is 1. The van der Waals surface area contributed by atoms with Crippen molar-refractivity contribution in [3.05, 3.63) is 11.5 Å². The maximum atomic E-state index is 4.71. The van der Waals surface area contributed by atoms with Gasteiger partial charge in [0, 0.05) is 19.0 Å². The number of hydrogen-bond donors (Lipinski definition) is 1. The SMILES string of the molecule is CCn1nc(C)c2nc(C(C)C)nc(NCC(C)C)c21. The molecule has 0 aromatic carbocycles. The van der Waals surface area contributed by atoms with Crippen LogP contribution < -0.4 is 5.32 Å². The van der Waals surface area contributed by atoms with Gasteiger partial charge in [-0.1, -0.05) is 27.7 Å². The lowest BCUT2D eigenvalue weighted by Gasteiger charge is -2.13. The summed E-state index contributed by atoms with van der Waals surface area (Å²) in [6, 6.07) is 0. The number of hydrogen-bond acceptors (Lipinski definition) is 4. The number of nitrogens with zero attached hydrogens (tertiary/aromatic N) is 4. The van der Waals surface area contributed by atoms with Crippen LogP contribution in [0.3, 0.4) is 0 Å². The Kier molecular flexibility index (Phi) is 4.26. The van der Waals surface area contributed by atoms with Crippen LogP contribution in [-0.4, -0.2) is 26.3 Å². The molecule has 0 saturated heterocycles. The summed E-state index contributed by atoms with van der Waals surface area (Å²) in [5.41, 5.74) is 2.96. The fraction of sp³-hybridized carbons (Fsp3) is 0.667. The summed E-state index contributed by atoms with van der Waals surface area (Å²) in [7, 11) is 0. The molecule has 110 valence electrons. The van der Waals surface area contributed by atoms with E-state index in [1.54, 1.807) is 0 Å². The Morgan fingerprint density at radius 3 is 2.40 bits per heavy atom. The quantitative estimate of drug-likeness (QED) is 0.909. The molecule has 2 aromatic heterocycles. The first-order chi connectivity index (χ1) is 9.43. The van der Waals surface area contributed by atoms with E-state index >= 15 is 0 Å². The Morgan fingerprint density at radius 2 is 1.85 bits per heavy atom. The summed E-state index contributed by atoms with van der Waals surface area (Å²) in [5.74, 6) is 2.67. The van der Waals surface area contributed by atoms with Gasteiger partial charge in [0.15, 0.2) is 5.82 Å². The van der Waals surface area contributed by atoms with Crippen LogP contribution in [0.4, 0.5) is 5.82 Å². The van der Waals surface area contributed by atoms with Gasteiger partial charge in [-0.05, 0) is 19.8 Å². The van der Waals surface area contributed by atoms with Gasteiger partial charge in [-0.15, -0.1) is 0 Å². The molecule has 0 atom stereocenters. The molecule has 0 spiro atoms. The van der Waals surface area contributed by atoms with Crippen LogP contribution >= 0.6 is 0 Å². The second-order valence-corrected chi connectivity index (χ2v) is 5.96. The molecule has 0 aliphatic rings. The molecule has 2 aromatic rings. The Morgan fingerprint density at radius 1 is 1.15 bits per heavy atom. The Hall–Kier alpha value is -1.65. The van der Waals surface area contributed by atoms with Gasteiger partial charge in [0.25, 0.3) is 0 Å². The van der Waals surface area contributed by atoms with Crippen LogP contribution in [0.25, 0.3) is 11.0 Å². The second-order valence-electron chi connectivity index (χ2n) is 5.96. The second kappa shape index (κ2) is 5.77. The number of rotatable bonds is 5. The highest BCUT2D eigenvalue weighted by Gasteiger charge is 2.17. The zero-order chi connectivity index (χ0) is 14.9. The molecule has 0 aliphatic heterocycles. The Labute approximate surface area is 120 Å². The normalized spacial score (nSPS) is 11.8. The summed E-state index contributed by atoms with van der Waals surface area (Å²) in [4.78, 5) is 9.41. The lowest BCUT2D eigenvalue weighted by Crippen LogP contribution is -2.13. The van der Waals surface area contributed by atoms with E-state index in [0.717, 1.165) is 41.5 Å². The molecular weight excluding hydrogens is 250 g/mol. The van der Waals surface area contributed by atoms with Gasteiger partial charge in [0.05, 0.1) is 5.69 Å². The van der Waals surface area contributed by atoms with Crippen molar-refractivity contribution in [3.63, 3.8) is 0 Å². The summed E-state index contributed by atoms with van der Waals surface area (Å²) >= 11 is 0. The summed E-state index contributed by atoms with van der Waals surface area (Å²) in [5, 5.41) is 8.03. The molecule has 1 N–H and O–H groups in total.